The quantitative estimate of drug-likeness (QED) is 0.575. The summed E-state index contributed by atoms with van der Waals surface area (Å²) in [5, 5.41) is 11.6. The van der Waals surface area contributed by atoms with Crippen molar-refractivity contribution in [3.63, 3.8) is 0 Å². The average molecular weight is 343 g/mol. The molecule has 2 aromatic rings. The fourth-order valence-corrected chi connectivity index (χ4v) is 1.99. The number of benzene rings is 2. The van der Waals surface area contributed by atoms with Gasteiger partial charge in [0.25, 0.3) is 0 Å². The largest absolute Gasteiger partial charge is 0.450 e. The maximum atomic E-state index is 11.0. The third-order valence-electron chi connectivity index (χ3n) is 2.47. The van der Waals surface area contributed by atoms with Crippen LogP contribution in [0.5, 0.6) is 11.5 Å². The van der Waals surface area contributed by atoms with Gasteiger partial charge >= 0.3 is 5.69 Å². The maximum Gasteiger partial charge on any atom is 0.312 e. The number of nitrogens with zero attached hydrogens (tertiary/aromatic N) is 1. The molecule has 19 heavy (non-hydrogen) atoms. The predicted molar refractivity (Wildman–Crippen MR) is 77.1 cm³/mol. The van der Waals surface area contributed by atoms with Crippen molar-refractivity contribution < 1.29 is 9.66 Å². The summed E-state index contributed by atoms with van der Waals surface area (Å²) in [5.74, 6) is 0.697. The zero-order valence-electron chi connectivity index (χ0n) is 9.89. The Bertz CT molecular complexity index is 646. The van der Waals surface area contributed by atoms with Crippen LogP contribution in [0.4, 0.5) is 5.69 Å². The summed E-state index contributed by atoms with van der Waals surface area (Å²) in [6.45, 7) is 1.84. The van der Waals surface area contributed by atoms with Gasteiger partial charge in [0, 0.05) is 15.6 Å². The molecule has 4 nitrogen and oxygen atoms in total. The molecule has 0 aliphatic rings. The Hall–Kier alpha value is -1.59. The molecule has 0 saturated heterocycles. The zero-order valence-corrected chi connectivity index (χ0v) is 12.2. The molecule has 0 atom stereocenters. The molecule has 0 aliphatic heterocycles. The molecule has 0 spiro atoms. The van der Waals surface area contributed by atoms with E-state index in [1.165, 1.54) is 6.07 Å². The lowest BCUT2D eigenvalue weighted by atomic mass is 10.2. The Morgan fingerprint density at radius 2 is 2.00 bits per heavy atom. The Balaban J connectivity index is 2.37. The van der Waals surface area contributed by atoms with Crippen LogP contribution in [0, 0.1) is 17.0 Å². The second kappa shape index (κ2) is 5.59. The third-order valence-corrected chi connectivity index (χ3v) is 3.39. The van der Waals surface area contributed by atoms with Crippen LogP contribution in [0.25, 0.3) is 0 Å². The lowest BCUT2D eigenvalue weighted by Gasteiger charge is -2.08. The van der Waals surface area contributed by atoms with Gasteiger partial charge in [-0.3, -0.25) is 10.1 Å². The fraction of sp³-hybridized carbons (Fsp3) is 0.0769. The number of halogens is 2. The molecule has 6 heteroatoms. The highest BCUT2D eigenvalue weighted by molar-refractivity contribution is 9.10. The van der Waals surface area contributed by atoms with Crippen LogP contribution in [0.3, 0.4) is 0 Å². The minimum Gasteiger partial charge on any atom is -0.450 e. The van der Waals surface area contributed by atoms with E-state index in [1.54, 1.807) is 30.3 Å². The average Bonchev–Trinajstić information content (AvgIpc) is 2.36. The second-order valence-corrected chi connectivity index (χ2v) is 5.21. The summed E-state index contributed by atoms with van der Waals surface area (Å²) in [4.78, 5) is 10.5. The lowest BCUT2D eigenvalue weighted by Crippen LogP contribution is -1.93. The molecule has 0 aliphatic carbocycles. The zero-order chi connectivity index (χ0) is 14.0. The van der Waals surface area contributed by atoms with Gasteiger partial charge in [-0.15, -0.1) is 0 Å². The summed E-state index contributed by atoms with van der Waals surface area (Å²) in [6.07, 6.45) is 0. The standard InChI is InChI=1S/C13H9BrClNO3/c1-8-6-10(3-4-11(8)15)19-13-5-2-9(14)7-12(13)16(17)18/h2-7H,1H3. The SMILES string of the molecule is Cc1cc(Oc2ccc(Br)cc2[N+](=O)[O-])ccc1Cl. The van der Waals surface area contributed by atoms with E-state index in [9.17, 15) is 10.1 Å². The lowest BCUT2D eigenvalue weighted by molar-refractivity contribution is -0.385. The van der Waals surface area contributed by atoms with Crippen molar-refractivity contribution in [2.75, 3.05) is 0 Å². The second-order valence-electron chi connectivity index (χ2n) is 3.88. The van der Waals surface area contributed by atoms with Gasteiger partial charge in [0.2, 0.25) is 5.75 Å². The number of hydrogen-bond acceptors (Lipinski definition) is 3. The summed E-state index contributed by atoms with van der Waals surface area (Å²) in [5.41, 5.74) is 0.751. The van der Waals surface area contributed by atoms with E-state index in [4.69, 9.17) is 16.3 Å². The van der Waals surface area contributed by atoms with E-state index < -0.39 is 4.92 Å². The molecule has 2 aromatic carbocycles. The molecular weight excluding hydrogens is 334 g/mol. The van der Waals surface area contributed by atoms with Crippen LogP contribution < -0.4 is 4.74 Å². The van der Waals surface area contributed by atoms with Crippen molar-refractivity contribution >= 4 is 33.2 Å². The minimum absolute atomic E-state index is 0.0954. The van der Waals surface area contributed by atoms with Crippen LogP contribution in [0.1, 0.15) is 5.56 Å². The van der Waals surface area contributed by atoms with Gasteiger partial charge in [-0.1, -0.05) is 27.5 Å². The van der Waals surface area contributed by atoms with Crippen molar-refractivity contribution in [1.29, 1.82) is 0 Å². The number of hydrogen-bond donors (Lipinski definition) is 0. The van der Waals surface area contributed by atoms with Crippen LogP contribution in [0.2, 0.25) is 5.02 Å². The van der Waals surface area contributed by atoms with Crippen LogP contribution in [-0.4, -0.2) is 4.92 Å². The first-order valence-corrected chi connectivity index (χ1v) is 6.52. The van der Waals surface area contributed by atoms with Crippen LogP contribution in [-0.2, 0) is 0 Å². The maximum absolute atomic E-state index is 11.0. The molecule has 0 unspecified atom stereocenters. The van der Waals surface area contributed by atoms with E-state index in [0.29, 0.717) is 15.2 Å². The van der Waals surface area contributed by atoms with E-state index in [1.807, 2.05) is 6.92 Å². The van der Waals surface area contributed by atoms with Gasteiger partial charge in [0.05, 0.1) is 4.92 Å². The van der Waals surface area contributed by atoms with Gasteiger partial charge in [0.1, 0.15) is 5.75 Å². The smallest absolute Gasteiger partial charge is 0.312 e. The van der Waals surface area contributed by atoms with Crippen molar-refractivity contribution in [1.82, 2.24) is 0 Å². The number of rotatable bonds is 3. The normalized spacial score (nSPS) is 10.3. The summed E-state index contributed by atoms with van der Waals surface area (Å²) in [6, 6.07) is 9.72. The number of nitro groups is 1. The van der Waals surface area contributed by atoms with E-state index in [2.05, 4.69) is 15.9 Å². The number of nitro benzene ring substituents is 1. The highest BCUT2D eigenvalue weighted by atomic mass is 79.9. The number of aryl methyl sites for hydroxylation is 1. The van der Waals surface area contributed by atoms with E-state index in [-0.39, 0.29) is 11.4 Å². The van der Waals surface area contributed by atoms with E-state index in [0.717, 1.165) is 5.56 Å². The molecule has 0 aromatic heterocycles. The Morgan fingerprint density at radius 1 is 1.26 bits per heavy atom. The van der Waals surface area contributed by atoms with Gasteiger partial charge in [-0.2, -0.15) is 0 Å². The van der Waals surface area contributed by atoms with Gasteiger partial charge in [0.15, 0.2) is 0 Å². The van der Waals surface area contributed by atoms with Gasteiger partial charge in [-0.05, 0) is 42.8 Å². The predicted octanol–water partition coefficient (Wildman–Crippen LogP) is 5.11. The van der Waals surface area contributed by atoms with Crippen LogP contribution >= 0.6 is 27.5 Å². The molecule has 0 fully saturated rings. The molecular formula is C13H9BrClNO3. The molecule has 0 heterocycles. The first-order valence-electron chi connectivity index (χ1n) is 5.35. The molecule has 2 rings (SSSR count). The third kappa shape index (κ3) is 3.24. The minimum atomic E-state index is -0.483. The molecule has 98 valence electrons. The Labute approximate surface area is 123 Å². The van der Waals surface area contributed by atoms with Crippen molar-refractivity contribution in [3.8, 4) is 11.5 Å². The fourth-order valence-electron chi connectivity index (χ4n) is 1.53. The topological polar surface area (TPSA) is 52.4 Å². The molecule has 0 radical (unpaired) electrons. The highest BCUT2D eigenvalue weighted by Crippen LogP contribution is 2.34. The highest BCUT2D eigenvalue weighted by Gasteiger charge is 2.16. The van der Waals surface area contributed by atoms with Crippen molar-refractivity contribution in [2.24, 2.45) is 0 Å². The molecule has 0 amide bonds. The summed E-state index contributed by atoms with van der Waals surface area (Å²) in [7, 11) is 0. The molecule has 0 saturated carbocycles. The van der Waals surface area contributed by atoms with Crippen molar-refractivity contribution in [2.45, 2.75) is 6.92 Å². The first-order chi connectivity index (χ1) is 8.97. The van der Waals surface area contributed by atoms with Gasteiger partial charge < -0.3 is 4.74 Å². The summed E-state index contributed by atoms with van der Waals surface area (Å²) >= 11 is 9.11. The monoisotopic (exact) mass is 341 g/mol. The Kier molecular flexibility index (Phi) is 4.07. The van der Waals surface area contributed by atoms with Crippen LogP contribution in [0.15, 0.2) is 40.9 Å². The molecule has 0 bridgehead atoms. The Morgan fingerprint density at radius 3 is 2.63 bits per heavy atom. The first kappa shape index (κ1) is 13.8. The van der Waals surface area contributed by atoms with E-state index >= 15 is 0 Å². The van der Waals surface area contributed by atoms with Gasteiger partial charge in [-0.25, -0.2) is 0 Å². The summed E-state index contributed by atoms with van der Waals surface area (Å²) < 4.78 is 6.16. The molecule has 0 N–H and O–H groups in total. The van der Waals surface area contributed by atoms with Crippen molar-refractivity contribution in [3.05, 3.63) is 61.6 Å². The number of ether oxygens (including phenoxy) is 1.